The quantitative estimate of drug-likeness (QED) is 0.0761. The zero-order chi connectivity index (χ0) is 89.2. The molecule has 8 heterocycles. The molecule has 10 aliphatic rings. The average molecular weight is 1660 g/mol. The minimum atomic E-state index is -0.115. The lowest BCUT2D eigenvalue weighted by molar-refractivity contribution is 0.381. The monoisotopic (exact) mass is 1660 g/mol. The number of hydrogen-bond donors (Lipinski definition) is 8. The lowest BCUT2D eigenvalue weighted by atomic mass is 9.76. The molecule has 2 fully saturated rings. The molecule has 0 atom stereocenters. The van der Waals surface area contributed by atoms with E-state index in [-0.39, 0.29) is 65.9 Å². The molecule has 8 nitrogen and oxygen atoms in total. The van der Waals surface area contributed by atoms with Gasteiger partial charge in [0, 0.05) is 80.8 Å². The zero-order valence-corrected chi connectivity index (χ0v) is 81.4. The summed E-state index contributed by atoms with van der Waals surface area (Å²) >= 11 is 0. The normalized spacial score (nSPS) is 18.6. The fourth-order valence-electron chi connectivity index (χ4n) is 18.7. The highest BCUT2D eigenvalue weighted by molar-refractivity contribution is 5.49. The van der Waals surface area contributed by atoms with Crippen LogP contribution in [0.4, 0.5) is 8.78 Å². The van der Waals surface area contributed by atoms with Gasteiger partial charge < -0.3 is 42.5 Å². The first-order valence-corrected chi connectivity index (χ1v) is 46.9. The molecule has 0 saturated heterocycles. The maximum Gasteiger partial charge on any atom is 0.127 e. The van der Waals surface area contributed by atoms with E-state index in [0.717, 1.165) is 121 Å². The summed E-state index contributed by atoms with van der Waals surface area (Å²) in [5.41, 5.74) is 36.2. The summed E-state index contributed by atoms with van der Waals surface area (Å²) in [5.74, 6) is -0.117. The van der Waals surface area contributed by atoms with E-state index in [1.165, 1.54) is 152 Å². The molecule has 10 heteroatoms. The van der Waals surface area contributed by atoms with Crippen LogP contribution in [0.2, 0.25) is 0 Å². The Morgan fingerprint density at radius 2 is 0.549 bits per heavy atom. The number of nitrogens with one attached hydrogen (secondary N) is 8. The molecule has 8 N–H and O–H groups in total. The summed E-state index contributed by atoms with van der Waals surface area (Å²) in [4.78, 5) is 0. The number of benzene rings is 8. The van der Waals surface area contributed by atoms with Gasteiger partial charge in [0.25, 0.3) is 0 Å². The fourth-order valence-corrected chi connectivity index (χ4v) is 18.7. The Labute approximate surface area is 740 Å². The minimum Gasteiger partial charge on any atom is -0.312 e. The molecule has 122 heavy (non-hydrogen) atoms. The van der Waals surface area contributed by atoms with Gasteiger partial charge in [0.2, 0.25) is 0 Å². The molecule has 8 aromatic carbocycles. The summed E-state index contributed by atoms with van der Waals surface area (Å²) in [6.45, 7) is 77.1. The van der Waals surface area contributed by atoms with Crippen molar-refractivity contribution >= 4 is 0 Å². The molecule has 2 spiro atoms. The molecule has 0 radical (unpaired) electrons. The standard InChI is InChI=1S/2C15H21N.2C15H23N.2C13H18FN.2C13H19N/c1-14(2,3)12-4-5-13-11(10-12)6-9-16-15(13)7-8-15;1-14(2,3)12-4-5-13-11(8-12)9-16-10-15(13)6-7-15;1-14(2,3)12-6-7-13-11(8-12)9-16-10-15(13,4)5;1-14(2,3)12-6-7-13-11(10-12)8-9-16-15(13,4)5;1-13(2,3)11-6-10-8-15-5-4-9(10)7-12(11)14;1-13(2,3)11-6-9-4-5-15-8-10(9)7-12(11)14;1-13(2,3)12-5-4-11-9-14-7-6-10(11)8-12;1-13(2,3)12-5-4-10-6-7-14-9-11(10)8-12/h4-5,10,16H,6-9H2,1-3H3;4-5,8,16H,6-7,9-10H2,1-3H3;6-8,16H,9-10H2,1-5H3;6-7,10,16H,8-9H2,1-5H3;2*6-7,15H,4-5,8H2,1-3H3;2*4-5,8,14H,6-7,9H2,1-3H3. The van der Waals surface area contributed by atoms with E-state index in [2.05, 4.69) is 325 Å². The molecule has 0 unspecified atom stereocenters. The number of halogens is 2. The van der Waals surface area contributed by atoms with Gasteiger partial charge in [0.1, 0.15) is 11.6 Å². The van der Waals surface area contributed by atoms with Crippen LogP contribution in [0.1, 0.15) is 353 Å². The van der Waals surface area contributed by atoms with Crippen molar-refractivity contribution in [3.8, 4) is 0 Å². The second kappa shape index (κ2) is 37.7. The first-order chi connectivity index (χ1) is 56.7. The fraction of sp³-hybridized carbons (Fsp3) is 0.571. The van der Waals surface area contributed by atoms with E-state index in [4.69, 9.17) is 0 Å². The van der Waals surface area contributed by atoms with Crippen LogP contribution in [0.3, 0.4) is 0 Å². The van der Waals surface area contributed by atoms with E-state index in [1.54, 1.807) is 28.8 Å². The van der Waals surface area contributed by atoms with Gasteiger partial charge in [-0.3, -0.25) is 0 Å². The summed E-state index contributed by atoms with van der Waals surface area (Å²) in [5, 5.41) is 27.7. The molecular weight excluding hydrogens is 1500 g/mol. The van der Waals surface area contributed by atoms with Gasteiger partial charge in [-0.1, -0.05) is 301 Å². The Morgan fingerprint density at radius 3 is 1.00 bits per heavy atom. The third-order valence-corrected chi connectivity index (χ3v) is 27.3. The first kappa shape index (κ1) is 95.9. The first-order valence-electron chi connectivity index (χ1n) is 46.9. The van der Waals surface area contributed by atoms with Crippen molar-refractivity contribution in [3.63, 3.8) is 0 Å². The van der Waals surface area contributed by atoms with Crippen molar-refractivity contribution in [1.29, 1.82) is 0 Å². The van der Waals surface area contributed by atoms with Gasteiger partial charge in [-0.2, -0.15) is 0 Å². The van der Waals surface area contributed by atoms with Crippen molar-refractivity contribution < 1.29 is 8.78 Å². The predicted octanol–water partition coefficient (Wildman–Crippen LogP) is 23.8. The zero-order valence-electron chi connectivity index (χ0n) is 81.4. The van der Waals surface area contributed by atoms with Crippen molar-refractivity contribution in [1.82, 2.24) is 42.5 Å². The van der Waals surface area contributed by atoms with Gasteiger partial charge in [0.05, 0.1) is 0 Å². The lowest BCUT2D eigenvalue weighted by Crippen LogP contribution is -2.42. The van der Waals surface area contributed by atoms with Crippen LogP contribution < -0.4 is 42.5 Å². The topological polar surface area (TPSA) is 96.2 Å². The van der Waals surface area contributed by atoms with Crippen LogP contribution in [-0.4, -0.2) is 52.4 Å². The van der Waals surface area contributed by atoms with E-state index in [1.807, 2.05) is 32.9 Å². The largest absolute Gasteiger partial charge is 0.312 e. The molecule has 8 aliphatic heterocycles. The third-order valence-electron chi connectivity index (χ3n) is 27.3. The van der Waals surface area contributed by atoms with Crippen LogP contribution in [0.25, 0.3) is 0 Å². The average Bonchev–Trinajstić information content (AvgIpc) is 1.59. The van der Waals surface area contributed by atoms with Gasteiger partial charge in [-0.25, -0.2) is 8.78 Å². The van der Waals surface area contributed by atoms with Crippen LogP contribution in [0.15, 0.2) is 133 Å². The molecule has 2 aliphatic carbocycles. The van der Waals surface area contributed by atoms with E-state index in [9.17, 15) is 8.78 Å². The maximum atomic E-state index is 13.9. The highest BCUT2D eigenvalue weighted by Gasteiger charge is 2.48. The van der Waals surface area contributed by atoms with Crippen molar-refractivity contribution in [2.45, 2.75) is 363 Å². The predicted molar refractivity (Wildman–Crippen MR) is 517 cm³/mol. The molecule has 664 valence electrons. The second-order valence-corrected chi connectivity index (χ2v) is 46.8. The second-order valence-electron chi connectivity index (χ2n) is 46.8. The van der Waals surface area contributed by atoms with Gasteiger partial charge in [-0.15, -0.1) is 0 Å². The van der Waals surface area contributed by atoms with Gasteiger partial charge in [0.15, 0.2) is 0 Å². The molecule has 0 amide bonds. The maximum absolute atomic E-state index is 13.9. The van der Waals surface area contributed by atoms with Crippen molar-refractivity contribution in [2.75, 3.05) is 52.4 Å². The highest BCUT2D eigenvalue weighted by Crippen LogP contribution is 2.52. The van der Waals surface area contributed by atoms with Gasteiger partial charge in [-0.05, 0) is 300 Å². The molecule has 0 bridgehead atoms. The van der Waals surface area contributed by atoms with Crippen LogP contribution in [0, 0.1) is 11.6 Å². The Morgan fingerprint density at radius 1 is 0.246 bits per heavy atom. The van der Waals surface area contributed by atoms with E-state index in [0.29, 0.717) is 11.0 Å². The minimum absolute atomic E-state index is 0.0526. The number of fused-ring (bicyclic) bond motifs is 10. The molecule has 8 aromatic rings. The Kier molecular flexibility index (Phi) is 29.6. The summed E-state index contributed by atoms with van der Waals surface area (Å²) in [7, 11) is 0. The van der Waals surface area contributed by atoms with Gasteiger partial charge >= 0.3 is 0 Å². The number of rotatable bonds is 0. The molecule has 0 aromatic heterocycles. The summed E-state index contributed by atoms with van der Waals surface area (Å²) < 4.78 is 27.7. The van der Waals surface area contributed by atoms with Crippen LogP contribution in [0.5, 0.6) is 0 Å². The Hall–Kier alpha value is -6.70. The molecular formula is C112H162F2N8. The molecule has 18 rings (SSSR count). The molecule has 2 saturated carbocycles. The van der Waals surface area contributed by atoms with E-state index >= 15 is 0 Å². The SMILES string of the molecule is CC(C)(C)c1cc2c(cc1F)CCNC2.CC(C)(C)c1cc2c(cc1F)CNCC2.CC(C)(C)c1ccc2c(c1)CCNC2.CC(C)(C)c1ccc2c(c1)CCNC2(C)C.CC(C)(C)c1ccc2c(c1)CCNC21CC1.CC(C)(C)c1ccc2c(c1)CNCC2.CC(C)(C)c1ccc2c(c1)CNCC2(C)C.CC(C)(C)c1ccc2c(c1)CNCC21CC1. The summed E-state index contributed by atoms with van der Waals surface area (Å²) in [6, 6.07) is 49.7. The van der Waals surface area contributed by atoms with Crippen LogP contribution in [-0.2, 0) is 143 Å². The van der Waals surface area contributed by atoms with Crippen molar-refractivity contribution in [2.24, 2.45) is 0 Å². The van der Waals surface area contributed by atoms with Crippen molar-refractivity contribution in [3.05, 3.63) is 279 Å². The Bertz CT molecular complexity index is 4460. The third kappa shape index (κ3) is 24.5. The summed E-state index contributed by atoms with van der Waals surface area (Å²) in [6.07, 6.45) is 12.1. The smallest absolute Gasteiger partial charge is 0.127 e. The Balaban J connectivity index is 0.000000136. The highest BCUT2D eigenvalue weighted by atomic mass is 19.1. The van der Waals surface area contributed by atoms with E-state index < -0.39 is 0 Å². The van der Waals surface area contributed by atoms with Crippen LogP contribution >= 0.6 is 0 Å². The number of hydrogen-bond acceptors (Lipinski definition) is 8. The lowest BCUT2D eigenvalue weighted by Gasteiger charge is -2.35.